The fourth-order valence-electron chi connectivity index (χ4n) is 1.46. The predicted molar refractivity (Wildman–Crippen MR) is 58.8 cm³/mol. The molecule has 2 N–H and O–H groups in total. The number of thioether (sulfide) groups is 1. The maximum absolute atomic E-state index is 11.5. The highest BCUT2D eigenvalue weighted by Crippen LogP contribution is 2.32. The lowest BCUT2D eigenvalue weighted by Gasteiger charge is -2.18. The van der Waals surface area contributed by atoms with E-state index in [0.717, 1.165) is 0 Å². The maximum atomic E-state index is 11.5. The lowest BCUT2D eigenvalue weighted by molar-refractivity contribution is -0.136. The van der Waals surface area contributed by atoms with E-state index in [0.29, 0.717) is 10.9 Å². The minimum Gasteiger partial charge on any atom is -0.481 e. The van der Waals surface area contributed by atoms with Gasteiger partial charge in [0.15, 0.2) is 10.9 Å². The minimum atomic E-state index is -1.18. The fraction of sp³-hybridized carbons (Fsp3) is 0.556. The molecule has 0 bridgehead atoms. The average Bonchev–Trinajstić information content (AvgIpc) is 2.51. The Balaban J connectivity index is 2.36. The molecule has 0 amide bonds. The Labute approximate surface area is 100 Å². The van der Waals surface area contributed by atoms with Crippen molar-refractivity contribution in [3.8, 4) is 0 Å². The SMILES string of the molecule is CC1(O)CSc2nc(=O)c(CCC(=O)O)nn21. The van der Waals surface area contributed by atoms with Crippen molar-refractivity contribution >= 4 is 17.7 Å². The number of fused-ring (bicyclic) bond motifs is 1. The van der Waals surface area contributed by atoms with Crippen LogP contribution in [0.1, 0.15) is 19.0 Å². The number of aromatic nitrogens is 3. The van der Waals surface area contributed by atoms with Crippen molar-refractivity contribution in [2.45, 2.75) is 30.6 Å². The Hall–Kier alpha value is -1.41. The third-order valence-corrected chi connectivity index (χ3v) is 3.57. The van der Waals surface area contributed by atoms with Crippen molar-refractivity contribution in [2.75, 3.05) is 5.75 Å². The van der Waals surface area contributed by atoms with Crippen LogP contribution in [0.25, 0.3) is 0 Å². The Kier molecular flexibility index (Phi) is 2.92. The Bertz CT molecular complexity index is 525. The normalized spacial score (nSPS) is 22.5. The number of carboxylic acid groups (broad SMARTS) is 1. The van der Waals surface area contributed by atoms with Gasteiger partial charge in [0.25, 0.3) is 5.56 Å². The lowest BCUT2D eigenvalue weighted by atomic mass is 10.2. The molecule has 0 aromatic carbocycles. The van der Waals surface area contributed by atoms with E-state index < -0.39 is 17.3 Å². The molecule has 1 aliphatic heterocycles. The van der Waals surface area contributed by atoms with E-state index in [2.05, 4.69) is 10.1 Å². The van der Waals surface area contributed by atoms with Crippen LogP contribution in [0, 0.1) is 0 Å². The van der Waals surface area contributed by atoms with E-state index in [1.165, 1.54) is 16.4 Å². The van der Waals surface area contributed by atoms with E-state index in [4.69, 9.17) is 5.11 Å². The molecule has 0 fully saturated rings. The van der Waals surface area contributed by atoms with Gasteiger partial charge in [-0.3, -0.25) is 9.59 Å². The maximum Gasteiger partial charge on any atom is 0.303 e. The molecular formula is C9H11N3O4S. The quantitative estimate of drug-likeness (QED) is 0.746. The zero-order valence-corrected chi connectivity index (χ0v) is 9.90. The molecule has 8 heteroatoms. The van der Waals surface area contributed by atoms with Crippen LogP contribution < -0.4 is 5.56 Å². The van der Waals surface area contributed by atoms with Gasteiger partial charge in [0.1, 0.15) is 5.69 Å². The number of aliphatic hydroxyl groups is 1. The predicted octanol–water partition coefficient (Wildman–Crippen LogP) is -0.574. The van der Waals surface area contributed by atoms with Gasteiger partial charge in [-0.1, -0.05) is 11.8 Å². The van der Waals surface area contributed by atoms with E-state index in [9.17, 15) is 14.7 Å². The number of aryl methyl sites for hydroxylation is 1. The Morgan fingerprint density at radius 1 is 1.65 bits per heavy atom. The molecule has 1 aromatic rings. The molecule has 2 heterocycles. The summed E-state index contributed by atoms with van der Waals surface area (Å²) in [5.41, 5.74) is -1.64. The summed E-state index contributed by atoms with van der Waals surface area (Å²) in [5.74, 6) is -0.632. The molecule has 0 saturated carbocycles. The number of carboxylic acids is 1. The molecule has 1 unspecified atom stereocenters. The van der Waals surface area contributed by atoms with E-state index in [1.807, 2.05) is 0 Å². The molecule has 1 aromatic heterocycles. The average molecular weight is 257 g/mol. The zero-order valence-electron chi connectivity index (χ0n) is 9.08. The van der Waals surface area contributed by atoms with E-state index >= 15 is 0 Å². The summed E-state index contributed by atoms with van der Waals surface area (Å²) in [6.45, 7) is 1.57. The van der Waals surface area contributed by atoms with Gasteiger partial charge in [-0.05, 0) is 6.92 Å². The van der Waals surface area contributed by atoms with Crippen molar-refractivity contribution in [1.82, 2.24) is 14.8 Å². The number of hydrogen-bond donors (Lipinski definition) is 2. The van der Waals surface area contributed by atoms with Crippen LogP contribution in [0.5, 0.6) is 0 Å². The summed E-state index contributed by atoms with van der Waals surface area (Å²) in [5, 5.41) is 22.9. The van der Waals surface area contributed by atoms with Crippen LogP contribution in [0.15, 0.2) is 9.95 Å². The monoisotopic (exact) mass is 257 g/mol. The second-order valence-electron chi connectivity index (χ2n) is 3.96. The number of aliphatic carboxylic acids is 1. The van der Waals surface area contributed by atoms with E-state index in [-0.39, 0.29) is 18.5 Å². The molecule has 17 heavy (non-hydrogen) atoms. The highest BCUT2D eigenvalue weighted by molar-refractivity contribution is 7.99. The summed E-state index contributed by atoms with van der Waals surface area (Å²) < 4.78 is 1.27. The summed E-state index contributed by atoms with van der Waals surface area (Å²) in [7, 11) is 0. The molecule has 2 rings (SSSR count). The Morgan fingerprint density at radius 2 is 2.35 bits per heavy atom. The molecule has 7 nitrogen and oxygen atoms in total. The first-order valence-corrected chi connectivity index (χ1v) is 5.96. The zero-order chi connectivity index (χ0) is 12.6. The van der Waals surface area contributed by atoms with Gasteiger partial charge < -0.3 is 10.2 Å². The lowest BCUT2D eigenvalue weighted by Crippen LogP contribution is -2.34. The standard InChI is InChI=1S/C9H11N3O4S/c1-9(16)4-17-8-10-7(15)5(11-12(8)9)2-3-6(13)14/h16H,2-4H2,1H3,(H,13,14). The first-order valence-electron chi connectivity index (χ1n) is 4.98. The molecule has 0 radical (unpaired) electrons. The topological polar surface area (TPSA) is 105 Å². The van der Waals surface area contributed by atoms with Crippen molar-refractivity contribution in [1.29, 1.82) is 0 Å². The van der Waals surface area contributed by atoms with Crippen LogP contribution >= 0.6 is 11.8 Å². The number of rotatable bonds is 3. The van der Waals surface area contributed by atoms with Gasteiger partial charge in [-0.15, -0.1) is 0 Å². The molecule has 0 saturated heterocycles. The van der Waals surface area contributed by atoms with Gasteiger partial charge in [-0.2, -0.15) is 10.1 Å². The summed E-state index contributed by atoms with van der Waals surface area (Å²) in [6.07, 6.45) is -0.166. The smallest absolute Gasteiger partial charge is 0.303 e. The molecule has 0 spiro atoms. The first kappa shape index (κ1) is 12.1. The number of carbonyl (C=O) groups is 1. The van der Waals surface area contributed by atoms with Crippen molar-refractivity contribution in [3.63, 3.8) is 0 Å². The van der Waals surface area contributed by atoms with Crippen molar-refractivity contribution in [2.24, 2.45) is 0 Å². The van der Waals surface area contributed by atoms with Crippen LogP contribution in [0.2, 0.25) is 0 Å². The molecule has 1 atom stereocenters. The Morgan fingerprint density at radius 3 is 3.00 bits per heavy atom. The molecule has 1 aliphatic rings. The van der Waals surface area contributed by atoms with Gasteiger partial charge in [-0.25, -0.2) is 4.68 Å². The van der Waals surface area contributed by atoms with Gasteiger partial charge >= 0.3 is 5.97 Å². The number of nitrogens with zero attached hydrogens (tertiary/aromatic N) is 3. The van der Waals surface area contributed by atoms with Crippen LogP contribution in [-0.2, 0) is 16.9 Å². The molecular weight excluding hydrogens is 246 g/mol. The summed E-state index contributed by atoms with van der Waals surface area (Å²) >= 11 is 1.25. The molecule has 0 aliphatic carbocycles. The molecule has 92 valence electrons. The highest BCUT2D eigenvalue weighted by atomic mass is 32.2. The summed E-state index contributed by atoms with van der Waals surface area (Å²) in [6, 6.07) is 0. The third kappa shape index (κ3) is 2.32. The second kappa shape index (κ2) is 4.11. The van der Waals surface area contributed by atoms with Gasteiger partial charge in [0.2, 0.25) is 0 Å². The van der Waals surface area contributed by atoms with Crippen molar-refractivity contribution in [3.05, 3.63) is 16.0 Å². The highest BCUT2D eigenvalue weighted by Gasteiger charge is 2.34. The van der Waals surface area contributed by atoms with Gasteiger partial charge in [0.05, 0.1) is 12.2 Å². The number of hydrogen-bond acceptors (Lipinski definition) is 6. The van der Waals surface area contributed by atoms with Crippen LogP contribution in [0.3, 0.4) is 0 Å². The minimum absolute atomic E-state index is 0.0161. The third-order valence-electron chi connectivity index (χ3n) is 2.35. The van der Waals surface area contributed by atoms with Gasteiger partial charge in [0, 0.05) is 6.42 Å². The first-order chi connectivity index (χ1) is 7.90. The largest absolute Gasteiger partial charge is 0.481 e. The van der Waals surface area contributed by atoms with Crippen LogP contribution in [-0.4, -0.2) is 36.7 Å². The van der Waals surface area contributed by atoms with E-state index in [1.54, 1.807) is 6.92 Å². The second-order valence-corrected chi connectivity index (χ2v) is 4.90. The summed E-state index contributed by atoms with van der Waals surface area (Å²) in [4.78, 5) is 25.7. The van der Waals surface area contributed by atoms with Crippen molar-refractivity contribution < 1.29 is 15.0 Å². The fourth-order valence-corrected chi connectivity index (χ4v) is 2.49. The van der Waals surface area contributed by atoms with Crippen LogP contribution in [0.4, 0.5) is 0 Å².